The molecule has 0 radical (unpaired) electrons. The molecule has 0 amide bonds. The van der Waals surface area contributed by atoms with Gasteiger partial charge in [0.2, 0.25) is 0 Å². The average Bonchev–Trinajstić information content (AvgIpc) is 3.05. The highest BCUT2D eigenvalue weighted by Crippen LogP contribution is 2.37. The number of halogens is 1. The van der Waals surface area contributed by atoms with E-state index in [4.69, 9.17) is 4.99 Å². The Bertz CT molecular complexity index is 1750. The fraction of sp³-hybridized carbons (Fsp3) is 0.457. The van der Waals surface area contributed by atoms with Crippen molar-refractivity contribution in [2.45, 2.75) is 112 Å². The van der Waals surface area contributed by atoms with Gasteiger partial charge in [0.1, 0.15) is 11.6 Å². The lowest BCUT2D eigenvalue weighted by molar-refractivity contribution is -0.121. The Morgan fingerprint density at radius 1 is 1.10 bits per heavy atom. The fourth-order valence-electron chi connectivity index (χ4n) is 7.30. The van der Waals surface area contributed by atoms with Gasteiger partial charge in [-0.15, -0.1) is 0 Å². The van der Waals surface area contributed by atoms with Crippen molar-refractivity contribution < 1.29 is 9.18 Å². The molecule has 1 aliphatic carbocycles. The monoisotopic (exact) mass is 672 g/mol. The van der Waals surface area contributed by atoms with Gasteiger partial charge in [0.15, 0.2) is 0 Å². The van der Waals surface area contributed by atoms with Crippen LogP contribution in [0.2, 0.25) is 0 Å². The Morgan fingerprint density at radius 3 is 2.56 bits per heavy atom. The zero-order valence-corrected chi connectivity index (χ0v) is 31.4. The molecule has 0 bridgehead atoms. The number of aryl methyl sites for hydroxylation is 2. The van der Waals surface area contributed by atoms with Crippen LogP contribution in [-0.2, 0) is 11.2 Å². The first-order valence-electron chi connectivity index (χ1n) is 18.6. The van der Waals surface area contributed by atoms with Crippen LogP contribution in [0.15, 0.2) is 95.3 Å². The molecule has 2 aromatic rings. The van der Waals surface area contributed by atoms with E-state index in [1.54, 1.807) is 12.2 Å². The molecule has 2 aromatic carbocycles. The molecule has 2 atom stereocenters. The minimum atomic E-state index is -0.1000. The summed E-state index contributed by atoms with van der Waals surface area (Å²) in [4.78, 5) is 17.8. The maximum absolute atomic E-state index is 13.7. The number of aliphatic imine (C=N–C) groups is 1. The van der Waals surface area contributed by atoms with Crippen molar-refractivity contribution in [3.8, 4) is 17.2 Å². The quantitative estimate of drug-likeness (QED) is 0.132. The van der Waals surface area contributed by atoms with E-state index in [2.05, 4.69) is 79.0 Å². The second-order valence-electron chi connectivity index (χ2n) is 16.0. The zero-order chi connectivity index (χ0) is 36.4. The first-order valence-corrected chi connectivity index (χ1v) is 18.6. The summed E-state index contributed by atoms with van der Waals surface area (Å²) in [5.74, 6) is 0.789. The summed E-state index contributed by atoms with van der Waals surface area (Å²) < 4.78 is 13.7. The number of dihydropyridines is 1. The lowest BCUT2D eigenvalue weighted by Gasteiger charge is -2.24. The molecule has 1 aliphatic heterocycles. The van der Waals surface area contributed by atoms with Crippen LogP contribution in [0.4, 0.5) is 4.39 Å². The van der Waals surface area contributed by atoms with Gasteiger partial charge in [0, 0.05) is 25.1 Å². The van der Waals surface area contributed by atoms with Crippen LogP contribution < -0.4 is 0 Å². The van der Waals surface area contributed by atoms with Crippen LogP contribution in [0.25, 0.3) is 16.7 Å². The summed E-state index contributed by atoms with van der Waals surface area (Å²) in [6.07, 6.45) is 15.0. The maximum Gasteiger partial charge on any atom is 0.133 e. The third-order valence-electron chi connectivity index (χ3n) is 9.81. The number of nitriles is 1. The van der Waals surface area contributed by atoms with Gasteiger partial charge in [0.05, 0.1) is 11.6 Å². The largest absolute Gasteiger partial charge is 0.300 e. The van der Waals surface area contributed by atoms with Crippen LogP contribution in [-0.4, -0.2) is 18.0 Å². The molecule has 0 aromatic heterocycles. The van der Waals surface area contributed by atoms with Crippen molar-refractivity contribution in [3.05, 3.63) is 113 Å². The molecule has 0 spiro atoms. The Labute approximate surface area is 301 Å². The minimum Gasteiger partial charge on any atom is -0.300 e. The molecular formula is C46H57FN2O. The number of hydrogen-bond acceptors (Lipinski definition) is 3. The van der Waals surface area contributed by atoms with Crippen LogP contribution in [0.3, 0.4) is 0 Å². The van der Waals surface area contributed by atoms with Crippen LogP contribution >= 0.6 is 0 Å². The highest BCUT2D eigenvalue weighted by atomic mass is 19.1. The lowest BCUT2D eigenvalue weighted by atomic mass is 9.82. The summed E-state index contributed by atoms with van der Waals surface area (Å²) >= 11 is 0. The molecule has 4 heteroatoms. The summed E-state index contributed by atoms with van der Waals surface area (Å²) in [5.41, 5.74) is 11.5. The first-order chi connectivity index (χ1) is 23.7. The average molecular weight is 673 g/mol. The lowest BCUT2D eigenvalue weighted by Crippen LogP contribution is -2.20. The van der Waals surface area contributed by atoms with E-state index in [0.29, 0.717) is 36.5 Å². The molecule has 264 valence electrons. The van der Waals surface area contributed by atoms with Crippen molar-refractivity contribution in [2.75, 3.05) is 6.54 Å². The van der Waals surface area contributed by atoms with Crippen molar-refractivity contribution in [2.24, 2.45) is 22.2 Å². The Balaban J connectivity index is 1.53. The second-order valence-corrected chi connectivity index (χ2v) is 16.0. The second kappa shape index (κ2) is 17.7. The molecule has 50 heavy (non-hydrogen) atoms. The van der Waals surface area contributed by atoms with Gasteiger partial charge in [-0.1, -0.05) is 96.2 Å². The van der Waals surface area contributed by atoms with Gasteiger partial charge in [-0.3, -0.25) is 9.79 Å². The number of benzene rings is 2. The molecule has 2 aliphatic rings. The molecule has 0 saturated carbocycles. The highest BCUT2D eigenvalue weighted by Gasteiger charge is 2.23. The maximum atomic E-state index is 13.7. The predicted molar refractivity (Wildman–Crippen MR) is 210 cm³/mol. The number of hydrogen-bond donors (Lipinski definition) is 0. The van der Waals surface area contributed by atoms with Gasteiger partial charge in [-0.05, 0) is 138 Å². The number of Topliss-reactive ketones (excluding diaryl/α,β-unsaturated/α-hetero) is 1. The SMILES string of the molecule is C=C(CC1=CC(C)CN=C1CC(C)CC(=O)CC(C)(C)C)C(=C)c1cc(C)c(-c2ccccc2C#N)cc1CCCCCC1=CC(F)=CCC1. The number of unbranched alkanes of at least 4 members (excludes halogenated alkanes) is 2. The van der Waals surface area contributed by atoms with Crippen molar-refractivity contribution >= 4 is 17.1 Å². The number of ketones is 1. The van der Waals surface area contributed by atoms with E-state index >= 15 is 0 Å². The summed E-state index contributed by atoms with van der Waals surface area (Å²) in [6, 6.07) is 14.7. The number of rotatable bonds is 16. The van der Waals surface area contributed by atoms with E-state index in [9.17, 15) is 14.4 Å². The van der Waals surface area contributed by atoms with Crippen LogP contribution in [0.1, 0.15) is 121 Å². The molecule has 4 rings (SSSR count). The van der Waals surface area contributed by atoms with Crippen LogP contribution in [0.5, 0.6) is 0 Å². The normalized spacial score (nSPS) is 16.8. The van der Waals surface area contributed by atoms with Crippen molar-refractivity contribution in [3.63, 3.8) is 0 Å². The zero-order valence-electron chi connectivity index (χ0n) is 31.4. The Morgan fingerprint density at radius 2 is 1.84 bits per heavy atom. The van der Waals surface area contributed by atoms with Crippen molar-refractivity contribution in [1.82, 2.24) is 0 Å². The molecular weight excluding hydrogens is 616 g/mol. The van der Waals surface area contributed by atoms with Crippen molar-refractivity contribution in [1.29, 1.82) is 5.26 Å². The third-order valence-corrected chi connectivity index (χ3v) is 9.81. The van der Waals surface area contributed by atoms with Gasteiger partial charge < -0.3 is 0 Å². The summed E-state index contributed by atoms with van der Waals surface area (Å²) in [5, 5.41) is 9.88. The number of carbonyl (C=O) groups is 1. The van der Waals surface area contributed by atoms with E-state index < -0.39 is 0 Å². The van der Waals surface area contributed by atoms with Gasteiger partial charge in [-0.2, -0.15) is 5.26 Å². The van der Waals surface area contributed by atoms with E-state index in [1.165, 1.54) is 16.7 Å². The fourth-order valence-corrected chi connectivity index (χ4v) is 7.30. The standard InChI is InChI=1S/C46H57FN2O/c1-31(22-41(50)28-46(6,7)8)23-45-39(21-32(2)30-49-45)24-33(3)35(5)44-25-34(4)43(42-20-13-12-18-38(42)29-48)27-37(44)17-11-9-10-15-36-16-14-19-40(47)26-36/h12-13,18-21,25-27,31-32H,3,5,9-11,14-17,22-24,28,30H2,1-2,4,6-8H3. The molecule has 0 saturated heterocycles. The smallest absolute Gasteiger partial charge is 0.133 e. The molecule has 2 unspecified atom stereocenters. The van der Waals surface area contributed by atoms with Gasteiger partial charge in [-0.25, -0.2) is 4.39 Å². The van der Waals surface area contributed by atoms with Gasteiger partial charge in [0.25, 0.3) is 0 Å². The Kier molecular flexibility index (Phi) is 13.7. The predicted octanol–water partition coefficient (Wildman–Crippen LogP) is 12.6. The molecule has 3 nitrogen and oxygen atoms in total. The molecule has 0 N–H and O–H groups in total. The molecule has 0 fully saturated rings. The van der Waals surface area contributed by atoms with Gasteiger partial charge >= 0.3 is 0 Å². The number of allylic oxidation sites excluding steroid dienone is 7. The Hall–Kier alpha value is -4.10. The summed E-state index contributed by atoms with van der Waals surface area (Å²) in [7, 11) is 0. The molecule has 1 heterocycles. The summed E-state index contributed by atoms with van der Waals surface area (Å²) in [6.45, 7) is 22.8. The highest BCUT2D eigenvalue weighted by molar-refractivity contribution is 6.02. The van der Waals surface area contributed by atoms with E-state index in [0.717, 1.165) is 97.0 Å². The van der Waals surface area contributed by atoms with Crippen LogP contribution in [0, 0.1) is 35.5 Å². The number of nitrogens with zero attached hydrogens (tertiary/aromatic N) is 2. The van der Waals surface area contributed by atoms with E-state index in [1.807, 2.05) is 24.3 Å². The number of carbonyl (C=O) groups excluding carboxylic acids is 1. The first kappa shape index (κ1) is 38.7. The minimum absolute atomic E-state index is 0.00244. The third kappa shape index (κ3) is 11.2. The van der Waals surface area contributed by atoms with E-state index in [-0.39, 0.29) is 17.2 Å². The topological polar surface area (TPSA) is 53.2 Å².